The van der Waals surface area contributed by atoms with Crippen LogP contribution in [0, 0.1) is 10.1 Å². The highest BCUT2D eigenvalue weighted by molar-refractivity contribution is 6.08. The van der Waals surface area contributed by atoms with Crippen LogP contribution in [-0.2, 0) is 14.3 Å². The van der Waals surface area contributed by atoms with Gasteiger partial charge in [-0.1, -0.05) is 48.5 Å². The van der Waals surface area contributed by atoms with Crippen LogP contribution in [0.15, 0.2) is 66.7 Å². The minimum Gasteiger partial charge on any atom is -0.466 e. The Hall–Kier alpha value is -4.27. The molecule has 0 radical (unpaired) electrons. The number of amides is 2. The molecule has 9 heteroatoms. The number of ether oxygens (including phenoxy) is 1. The van der Waals surface area contributed by atoms with E-state index >= 15 is 0 Å². The molecule has 0 aromatic heterocycles. The zero-order chi connectivity index (χ0) is 24.0. The summed E-state index contributed by atoms with van der Waals surface area (Å²) >= 11 is 0. The van der Waals surface area contributed by atoms with Crippen LogP contribution < -0.4 is 11.1 Å². The molecule has 0 aliphatic rings. The lowest BCUT2D eigenvalue weighted by molar-refractivity contribution is -0.384. The molecule has 0 saturated heterocycles. The zero-order valence-corrected chi connectivity index (χ0v) is 17.9. The highest BCUT2D eigenvalue weighted by Crippen LogP contribution is 2.27. The normalized spacial score (nSPS) is 12.5. The van der Waals surface area contributed by atoms with Crippen LogP contribution >= 0.6 is 0 Å². The fraction of sp³-hybridized carbons (Fsp3) is 0.208. The Labute approximate surface area is 189 Å². The van der Waals surface area contributed by atoms with Crippen molar-refractivity contribution >= 4 is 34.2 Å². The maximum Gasteiger partial charge on any atom is 0.306 e. The number of carbonyl (C=O) groups excluding carboxylic acids is 3. The number of nitrogens with one attached hydrogen (secondary N) is 1. The molecule has 0 fully saturated rings. The summed E-state index contributed by atoms with van der Waals surface area (Å²) in [6.45, 7) is 1.78. The van der Waals surface area contributed by atoms with Crippen LogP contribution in [-0.4, -0.2) is 35.4 Å². The van der Waals surface area contributed by atoms with Crippen LogP contribution in [0.25, 0.3) is 10.8 Å². The van der Waals surface area contributed by atoms with Gasteiger partial charge < -0.3 is 15.8 Å². The third kappa shape index (κ3) is 5.51. The molecule has 3 aromatic rings. The molecule has 9 nitrogen and oxygen atoms in total. The Kier molecular flexibility index (Phi) is 7.34. The van der Waals surface area contributed by atoms with Gasteiger partial charge in [-0.15, -0.1) is 0 Å². The van der Waals surface area contributed by atoms with Crippen molar-refractivity contribution < 1.29 is 24.0 Å². The van der Waals surface area contributed by atoms with Gasteiger partial charge in [0.1, 0.15) is 6.04 Å². The molecule has 33 heavy (non-hydrogen) atoms. The van der Waals surface area contributed by atoms with E-state index < -0.39 is 34.7 Å². The van der Waals surface area contributed by atoms with Gasteiger partial charge in [0, 0.05) is 23.6 Å². The largest absolute Gasteiger partial charge is 0.466 e. The number of esters is 1. The first-order valence-corrected chi connectivity index (χ1v) is 10.3. The van der Waals surface area contributed by atoms with Crippen molar-refractivity contribution in [2.24, 2.45) is 5.73 Å². The second-order valence-electron chi connectivity index (χ2n) is 7.34. The topological polar surface area (TPSA) is 142 Å². The van der Waals surface area contributed by atoms with Crippen molar-refractivity contribution in [2.75, 3.05) is 6.61 Å². The number of benzene rings is 3. The SMILES string of the molecule is CCOC(=O)C[C@H](c1ccc([N+](=O)[O-])cc1)[C@H](NC(=O)c1cccc2ccccc12)C(N)=O. The molecule has 3 N–H and O–H groups in total. The Morgan fingerprint density at radius 3 is 2.33 bits per heavy atom. The standard InChI is InChI=1S/C24H23N3O6/c1-2-33-21(28)14-20(16-10-12-17(13-11-16)27(31)32)22(23(25)29)26-24(30)19-9-5-7-15-6-3-4-8-18(15)19/h3-13,20,22H,2,14H2,1H3,(H2,25,29)(H,26,30)/t20-,22+/m1/s1. The van der Waals surface area contributed by atoms with E-state index in [1.807, 2.05) is 18.2 Å². The number of non-ortho nitro benzene ring substituents is 1. The number of nitro benzene ring substituents is 1. The molecule has 3 rings (SSSR count). The first-order chi connectivity index (χ1) is 15.8. The molecule has 2 atom stereocenters. The van der Waals surface area contributed by atoms with Gasteiger partial charge in [-0.2, -0.15) is 0 Å². The fourth-order valence-corrected chi connectivity index (χ4v) is 3.68. The van der Waals surface area contributed by atoms with Gasteiger partial charge in [-0.25, -0.2) is 0 Å². The van der Waals surface area contributed by atoms with Crippen molar-refractivity contribution in [1.82, 2.24) is 5.32 Å². The van der Waals surface area contributed by atoms with Gasteiger partial charge in [-0.05, 0) is 29.3 Å². The van der Waals surface area contributed by atoms with Crippen LogP contribution in [0.3, 0.4) is 0 Å². The summed E-state index contributed by atoms with van der Waals surface area (Å²) in [6, 6.07) is 16.6. The predicted molar refractivity (Wildman–Crippen MR) is 121 cm³/mol. The van der Waals surface area contributed by atoms with E-state index in [0.29, 0.717) is 16.5 Å². The molecule has 0 unspecified atom stereocenters. The first-order valence-electron chi connectivity index (χ1n) is 10.3. The van der Waals surface area contributed by atoms with E-state index in [1.165, 1.54) is 24.3 Å². The second-order valence-corrected chi connectivity index (χ2v) is 7.34. The van der Waals surface area contributed by atoms with E-state index in [0.717, 1.165) is 5.39 Å². The van der Waals surface area contributed by atoms with Crippen molar-refractivity contribution in [1.29, 1.82) is 0 Å². The van der Waals surface area contributed by atoms with E-state index in [-0.39, 0.29) is 18.7 Å². The summed E-state index contributed by atoms with van der Waals surface area (Å²) < 4.78 is 5.02. The van der Waals surface area contributed by atoms with Crippen molar-refractivity contribution in [3.8, 4) is 0 Å². The average molecular weight is 449 g/mol. The molecule has 0 aliphatic carbocycles. The molecule has 0 bridgehead atoms. The quantitative estimate of drug-likeness (QED) is 0.292. The Morgan fingerprint density at radius 2 is 1.70 bits per heavy atom. The highest BCUT2D eigenvalue weighted by atomic mass is 16.6. The third-order valence-electron chi connectivity index (χ3n) is 5.25. The number of nitrogens with two attached hydrogens (primary N) is 1. The number of nitrogens with zero attached hydrogens (tertiary/aromatic N) is 1. The lowest BCUT2D eigenvalue weighted by Crippen LogP contribution is -2.48. The number of primary amides is 1. The van der Waals surface area contributed by atoms with Crippen LogP contribution in [0.4, 0.5) is 5.69 Å². The number of carbonyl (C=O) groups is 3. The summed E-state index contributed by atoms with van der Waals surface area (Å²) in [5, 5.41) is 15.2. The number of hydrogen-bond donors (Lipinski definition) is 2. The summed E-state index contributed by atoms with van der Waals surface area (Å²) in [6.07, 6.45) is -0.255. The minimum atomic E-state index is -1.26. The van der Waals surface area contributed by atoms with Crippen LogP contribution in [0.2, 0.25) is 0 Å². The monoisotopic (exact) mass is 449 g/mol. The lowest BCUT2D eigenvalue weighted by atomic mass is 9.87. The molecule has 0 spiro atoms. The van der Waals surface area contributed by atoms with Gasteiger partial charge in [-0.3, -0.25) is 24.5 Å². The van der Waals surface area contributed by atoms with E-state index in [2.05, 4.69) is 5.32 Å². The van der Waals surface area contributed by atoms with Crippen LogP contribution in [0.1, 0.15) is 35.2 Å². The van der Waals surface area contributed by atoms with Gasteiger partial charge in [0.05, 0.1) is 18.0 Å². The van der Waals surface area contributed by atoms with Crippen molar-refractivity contribution in [2.45, 2.75) is 25.3 Å². The maximum absolute atomic E-state index is 13.1. The Balaban J connectivity index is 1.97. The number of hydrogen-bond acceptors (Lipinski definition) is 6. The van der Waals surface area contributed by atoms with E-state index in [9.17, 15) is 24.5 Å². The fourth-order valence-electron chi connectivity index (χ4n) is 3.68. The Morgan fingerprint density at radius 1 is 1.03 bits per heavy atom. The highest BCUT2D eigenvalue weighted by Gasteiger charge is 2.32. The van der Waals surface area contributed by atoms with Gasteiger partial charge in [0.2, 0.25) is 5.91 Å². The number of fused-ring (bicyclic) bond motifs is 1. The third-order valence-corrected chi connectivity index (χ3v) is 5.25. The maximum atomic E-state index is 13.1. The van der Waals surface area contributed by atoms with Gasteiger partial charge >= 0.3 is 5.97 Å². The van der Waals surface area contributed by atoms with Crippen molar-refractivity contribution in [3.05, 3.63) is 88.0 Å². The van der Waals surface area contributed by atoms with E-state index in [1.54, 1.807) is 31.2 Å². The molecule has 0 heterocycles. The van der Waals surface area contributed by atoms with Crippen LogP contribution in [0.5, 0.6) is 0 Å². The number of rotatable bonds is 9. The van der Waals surface area contributed by atoms with Gasteiger partial charge in [0.25, 0.3) is 11.6 Å². The number of nitro groups is 1. The predicted octanol–water partition coefficient (Wildman–Crippen LogP) is 3.07. The molecular formula is C24H23N3O6. The molecule has 0 saturated carbocycles. The molecule has 0 aliphatic heterocycles. The summed E-state index contributed by atoms with van der Waals surface area (Å²) in [7, 11) is 0. The second kappa shape index (κ2) is 10.4. The molecular weight excluding hydrogens is 426 g/mol. The minimum absolute atomic E-state index is 0.134. The lowest BCUT2D eigenvalue weighted by Gasteiger charge is -2.26. The molecule has 170 valence electrons. The first kappa shape index (κ1) is 23.4. The van der Waals surface area contributed by atoms with E-state index in [4.69, 9.17) is 10.5 Å². The molecule has 3 aromatic carbocycles. The molecule has 2 amide bonds. The average Bonchev–Trinajstić information content (AvgIpc) is 2.80. The van der Waals surface area contributed by atoms with Crippen molar-refractivity contribution in [3.63, 3.8) is 0 Å². The smallest absolute Gasteiger partial charge is 0.306 e. The van der Waals surface area contributed by atoms with Gasteiger partial charge in [0.15, 0.2) is 0 Å². The summed E-state index contributed by atoms with van der Waals surface area (Å²) in [4.78, 5) is 48.2. The zero-order valence-electron chi connectivity index (χ0n) is 17.9. The summed E-state index contributed by atoms with van der Waals surface area (Å²) in [5.41, 5.74) is 6.25. The Bertz CT molecular complexity index is 1190. The summed E-state index contributed by atoms with van der Waals surface area (Å²) in [5.74, 6) is -2.87.